The van der Waals surface area contributed by atoms with Crippen molar-refractivity contribution in [3.8, 4) is 55.9 Å². The van der Waals surface area contributed by atoms with E-state index in [0.717, 1.165) is 121 Å². The summed E-state index contributed by atoms with van der Waals surface area (Å²) < 4.78 is 14.3. The first kappa shape index (κ1) is 67.6. The van der Waals surface area contributed by atoms with Crippen LogP contribution in [-0.2, 0) is 21.7 Å². The minimum Gasteiger partial charge on any atom is -0.456 e. The molecular formula is C106H86N4OS. The van der Waals surface area contributed by atoms with Gasteiger partial charge in [-0.3, -0.25) is 0 Å². The van der Waals surface area contributed by atoms with Crippen molar-refractivity contribution in [1.29, 1.82) is 0 Å². The number of aromatic nitrogens is 2. The molecule has 0 bridgehead atoms. The van der Waals surface area contributed by atoms with Crippen LogP contribution in [0.15, 0.2) is 332 Å². The maximum Gasteiger partial charge on any atom is 0.137 e. The maximum absolute atomic E-state index is 6.62. The average Bonchev–Trinajstić information content (AvgIpc) is 1.28. The Kier molecular flexibility index (Phi) is 15.4. The molecule has 6 heteroatoms. The number of furan rings is 1. The molecule has 0 amide bonds. The van der Waals surface area contributed by atoms with Gasteiger partial charge in [-0.25, -0.2) is 0 Å². The zero-order chi connectivity index (χ0) is 75.5. The van der Waals surface area contributed by atoms with Gasteiger partial charge in [-0.2, -0.15) is 0 Å². The van der Waals surface area contributed by atoms with Crippen molar-refractivity contribution in [3.63, 3.8) is 0 Å². The lowest BCUT2D eigenvalue weighted by molar-refractivity contribution is 0.331. The molecule has 0 N–H and O–H groups in total. The summed E-state index contributed by atoms with van der Waals surface area (Å²) >= 11 is 1.87. The third-order valence-electron chi connectivity index (χ3n) is 25.4. The highest BCUT2D eigenvalue weighted by Crippen LogP contribution is 2.55. The van der Waals surface area contributed by atoms with E-state index in [0.29, 0.717) is 0 Å². The van der Waals surface area contributed by atoms with E-state index in [4.69, 9.17) is 4.42 Å². The summed E-state index contributed by atoms with van der Waals surface area (Å²) in [4.78, 5) is 4.96. The molecule has 112 heavy (non-hydrogen) atoms. The first-order chi connectivity index (χ1) is 54.5. The molecule has 0 spiro atoms. The van der Waals surface area contributed by atoms with Crippen LogP contribution in [0.1, 0.15) is 103 Å². The molecule has 0 unspecified atom stereocenters. The minimum absolute atomic E-state index is 0.0118. The van der Waals surface area contributed by atoms with E-state index in [1.165, 1.54) is 103 Å². The highest BCUT2D eigenvalue weighted by Gasteiger charge is 2.41. The molecule has 2 aliphatic rings. The molecular weight excluding hydrogens is 1380 g/mol. The van der Waals surface area contributed by atoms with Gasteiger partial charge in [0.15, 0.2) is 0 Å². The lowest BCUT2D eigenvalue weighted by Gasteiger charge is -2.43. The zero-order valence-electron chi connectivity index (χ0n) is 64.6. The summed E-state index contributed by atoms with van der Waals surface area (Å²) in [5.41, 5.74) is 30.4. The molecule has 4 aromatic heterocycles. The normalized spacial score (nSPS) is 14.9. The Labute approximate surface area is 658 Å². The fourth-order valence-electron chi connectivity index (χ4n) is 19.5. The van der Waals surface area contributed by atoms with Gasteiger partial charge in [-0.15, -0.1) is 11.3 Å². The van der Waals surface area contributed by atoms with Crippen molar-refractivity contribution < 1.29 is 4.42 Å². The third kappa shape index (κ3) is 10.8. The number of benzene rings is 15. The molecule has 21 rings (SSSR count). The van der Waals surface area contributed by atoms with Gasteiger partial charge in [0.2, 0.25) is 0 Å². The van der Waals surface area contributed by atoms with E-state index < -0.39 is 0 Å². The minimum atomic E-state index is -0.0937. The number of nitrogens with zero attached hydrogens (tertiary/aromatic N) is 4. The van der Waals surface area contributed by atoms with Gasteiger partial charge in [0.05, 0.1) is 50.2 Å². The van der Waals surface area contributed by atoms with Crippen LogP contribution in [0.2, 0.25) is 0 Å². The molecule has 0 atom stereocenters. The second-order valence-electron chi connectivity index (χ2n) is 34.0. The van der Waals surface area contributed by atoms with Crippen LogP contribution in [0, 0.1) is 0 Å². The Balaban J connectivity index is 0.742. The first-order valence-electron chi connectivity index (χ1n) is 39.8. The molecule has 0 saturated heterocycles. The van der Waals surface area contributed by atoms with Gasteiger partial charge in [0.25, 0.3) is 0 Å². The van der Waals surface area contributed by atoms with Gasteiger partial charge in [0.1, 0.15) is 11.2 Å². The summed E-state index contributed by atoms with van der Waals surface area (Å²) in [5.74, 6) is 0. The van der Waals surface area contributed by atoms with Crippen molar-refractivity contribution in [2.45, 2.75) is 103 Å². The van der Waals surface area contributed by atoms with Crippen LogP contribution < -0.4 is 9.80 Å². The predicted molar refractivity (Wildman–Crippen MR) is 477 cm³/mol. The lowest BCUT2D eigenvalue weighted by atomic mass is 9.61. The number of fused-ring (bicyclic) bond motifs is 14. The van der Waals surface area contributed by atoms with E-state index in [-0.39, 0.29) is 21.7 Å². The van der Waals surface area contributed by atoms with Crippen LogP contribution >= 0.6 is 11.3 Å². The molecule has 0 radical (unpaired) electrons. The summed E-state index contributed by atoms with van der Waals surface area (Å²) in [6.45, 7) is 19.6. The van der Waals surface area contributed by atoms with E-state index in [1.54, 1.807) is 0 Å². The van der Waals surface area contributed by atoms with Crippen molar-refractivity contribution in [3.05, 3.63) is 350 Å². The van der Waals surface area contributed by atoms with Crippen LogP contribution in [-0.4, -0.2) is 9.13 Å². The Morgan fingerprint density at radius 2 is 0.768 bits per heavy atom. The number of anilines is 6. The largest absolute Gasteiger partial charge is 0.456 e. The van der Waals surface area contributed by atoms with E-state index in [2.05, 4.69) is 402 Å². The standard InChI is InChI=1S/C106H86N4OS/c1-103(2)58-60-105(5,6)101-82(35-23-36-86(101)103)84-63-70(48-56-91(84)109-90-40-19-14-32-78(90)85-64-73(53-57-92(85)109)107(72-49-46-68(47-50-72)67-26-10-9-11-27-67)93-41-25-44-97-100(93)83-34-15-20-43-96(83)111-97)69-28-22-29-71(62-69)76-30-12-17-38-88(76)108(75-52-55-81-80-33-16-21-45-98(80)112-99(81)66-75)74-51-54-79-77-31-13-18-39-89(77)110(95(79)65-74)94-42-24-37-87-102(94)106(7,8)61-59-104(87,3)4/h9-57,62-66H,58-61H2,1-8H3. The SMILES string of the molecule is CC1(C)CCC(C)(C)c2c(-c3cc(-c4cccc(-c5ccccc5N(c5ccc6c(c5)sc5ccccc56)c5ccc6c7ccccc7n(-c7cccc8c7C(C)(C)CCC8(C)C)c6c5)c4)ccc3-n3c4ccccc4c4cc(N(c5ccc(-c6ccccc6)cc5)c5cccc6oc7ccccc7c56)ccc43)cccc21. The molecule has 2 aliphatic carbocycles. The molecule has 15 aromatic carbocycles. The molecule has 0 fully saturated rings. The van der Waals surface area contributed by atoms with Gasteiger partial charge >= 0.3 is 0 Å². The van der Waals surface area contributed by atoms with Gasteiger partial charge in [0, 0.05) is 81.0 Å². The van der Waals surface area contributed by atoms with Gasteiger partial charge < -0.3 is 23.4 Å². The zero-order valence-corrected chi connectivity index (χ0v) is 65.4. The maximum atomic E-state index is 6.62. The van der Waals surface area contributed by atoms with Gasteiger partial charge in [-0.05, 0) is 224 Å². The van der Waals surface area contributed by atoms with Crippen LogP contribution in [0.4, 0.5) is 34.1 Å². The summed E-state index contributed by atoms with van der Waals surface area (Å²) in [7, 11) is 0. The Morgan fingerprint density at radius 1 is 0.277 bits per heavy atom. The van der Waals surface area contributed by atoms with Crippen molar-refractivity contribution >= 4 is 131 Å². The fraction of sp³-hybridized carbons (Fsp3) is 0.151. The quantitative estimate of drug-likeness (QED) is 0.122. The molecule has 5 nitrogen and oxygen atoms in total. The summed E-state index contributed by atoms with van der Waals surface area (Å²) in [6, 6.07) is 123. The molecule has 0 aliphatic heterocycles. The topological polar surface area (TPSA) is 29.5 Å². The highest BCUT2D eigenvalue weighted by atomic mass is 32.1. The highest BCUT2D eigenvalue weighted by molar-refractivity contribution is 7.25. The molecule has 0 saturated carbocycles. The van der Waals surface area contributed by atoms with E-state index in [1.807, 2.05) is 11.3 Å². The second-order valence-corrected chi connectivity index (χ2v) is 35.1. The fourth-order valence-corrected chi connectivity index (χ4v) is 20.7. The molecule has 4 heterocycles. The first-order valence-corrected chi connectivity index (χ1v) is 40.6. The summed E-state index contributed by atoms with van der Waals surface area (Å²) in [6.07, 6.45) is 4.48. The van der Waals surface area contributed by atoms with E-state index >= 15 is 0 Å². The number of hydrogen-bond acceptors (Lipinski definition) is 4. The summed E-state index contributed by atoms with van der Waals surface area (Å²) in [5, 5.41) is 9.58. The lowest BCUT2D eigenvalue weighted by Crippen LogP contribution is -2.35. The predicted octanol–water partition coefficient (Wildman–Crippen LogP) is 30.5. The number of para-hydroxylation sites is 4. The molecule has 542 valence electrons. The number of hydrogen-bond donors (Lipinski definition) is 0. The number of rotatable bonds is 12. The van der Waals surface area contributed by atoms with Crippen molar-refractivity contribution in [2.75, 3.05) is 9.80 Å². The second kappa shape index (κ2) is 25.5. The van der Waals surface area contributed by atoms with Crippen LogP contribution in [0.3, 0.4) is 0 Å². The van der Waals surface area contributed by atoms with Crippen molar-refractivity contribution in [1.82, 2.24) is 9.13 Å². The monoisotopic (exact) mass is 1460 g/mol. The Hall–Kier alpha value is -12.5. The van der Waals surface area contributed by atoms with E-state index in [9.17, 15) is 0 Å². The van der Waals surface area contributed by atoms with Crippen LogP contribution in [0.5, 0.6) is 0 Å². The van der Waals surface area contributed by atoms with Crippen LogP contribution in [0.25, 0.3) is 142 Å². The number of thiophene rings is 1. The van der Waals surface area contributed by atoms with Gasteiger partial charge in [-0.1, -0.05) is 262 Å². The Bertz CT molecular complexity index is 7030. The third-order valence-corrected chi connectivity index (χ3v) is 26.5. The average molecular weight is 1460 g/mol. The smallest absolute Gasteiger partial charge is 0.137 e. The molecule has 19 aromatic rings. The Morgan fingerprint density at radius 3 is 1.55 bits per heavy atom. The van der Waals surface area contributed by atoms with Crippen molar-refractivity contribution in [2.24, 2.45) is 0 Å².